The number of rotatable bonds is 7. The second-order valence-corrected chi connectivity index (χ2v) is 9.85. The molecular weight excluding hydrogens is 457 g/mol. The summed E-state index contributed by atoms with van der Waals surface area (Å²) in [4.78, 5) is 30.0. The van der Waals surface area contributed by atoms with Crippen molar-refractivity contribution in [3.05, 3.63) is 59.8 Å². The van der Waals surface area contributed by atoms with Gasteiger partial charge in [0.2, 0.25) is 5.82 Å². The van der Waals surface area contributed by atoms with Crippen LogP contribution in [0.1, 0.15) is 62.1 Å². The van der Waals surface area contributed by atoms with Crippen LogP contribution in [0.4, 0.5) is 4.39 Å². The third-order valence-electron chi connectivity index (χ3n) is 7.08. The van der Waals surface area contributed by atoms with E-state index in [0.717, 1.165) is 37.3 Å². The molecule has 186 valence electrons. The highest BCUT2D eigenvalue weighted by Crippen LogP contribution is 2.35. The Bertz CT molecular complexity index is 1390. The predicted octanol–water partition coefficient (Wildman–Crippen LogP) is 6.17. The molecule has 36 heavy (non-hydrogen) atoms. The van der Waals surface area contributed by atoms with Crippen molar-refractivity contribution >= 4 is 17.1 Å². The maximum Gasteiger partial charge on any atom is 0.374 e. The maximum absolute atomic E-state index is 13.7. The third-order valence-corrected chi connectivity index (χ3v) is 7.08. The normalized spacial score (nSPS) is 18.0. The van der Waals surface area contributed by atoms with Crippen molar-refractivity contribution in [1.29, 1.82) is 0 Å². The van der Waals surface area contributed by atoms with Gasteiger partial charge in [0, 0.05) is 18.3 Å². The molecule has 1 aliphatic rings. The molecule has 0 spiro atoms. The zero-order valence-corrected chi connectivity index (χ0v) is 20.6. The fourth-order valence-electron chi connectivity index (χ4n) is 5.12. The summed E-state index contributed by atoms with van der Waals surface area (Å²) in [5.74, 6) is -0.107. The first-order valence-corrected chi connectivity index (χ1v) is 12.7. The minimum absolute atomic E-state index is 0.309. The number of halogens is 1. The second-order valence-electron chi connectivity index (χ2n) is 9.85. The van der Waals surface area contributed by atoms with Crippen molar-refractivity contribution in [3.8, 4) is 22.8 Å². The Morgan fingerprint density at radius 2 is 1.83 bits per heavy atom. The topological polar surface area (TPSA) is 93.8 Å². The van der Waals surface area contributed by atoms with Crippen molar-refractivity contribution in [2.45, 2.75) is 58.9 Å². The summed E-state index contributed by atoms with van der Waals surface area (Å²) in [7, 11) is 0. The Hall–Kier alpha value is -3.68. The van der Waals surface area contributed by atoms with E-state index < -0.39 is 5.97 Å². The van der Waals surface area contributed by atoms with Crippen LogP contribution in [0.2, 0.25) is 0 Å². The smallest absolute Gasteiger partial charge is 0.374 e. The van der Waals surface area contributed by atoms with Crippen LogP contribution >= 0.6 is 0 Å². The Morgan fingerprint density at radius 1 is 1.08 bits per heavy atom. The molecule has 4 aromatic rings. The van der Waals surface area contributed by atoms with Gasteiger partial charge in [0.15, 0.2) is 11.5 Å². The number of hydrogen-bond donors (Lipinski definition) is 1. The molecule has 1 aromatic carbocycles. The first kappa shape index (κ1) is 24.0. The van der Waals surface area contributed by atoms with Gasteiger partial charge >= 0.3 is 5.97 Å². The van der Waals surface area contributed by atoms with E-state index in [9.17, 15) is 14.3 Å². The van der Waals surface area contributed by atoms with Crippen molar-refractivity contribution in [3.63, 3.8) is 0 Å². The van der Waals surface area contributed by atoms with Crippen LogP contribution in [0, 0.1) is 17.7 Å². The highest BCUT2D eigenvalue weighted by Gasteiger charge is 2.26. The molecule has 1 N–H and O–H groups in total. The number of imidazole rings is 1. The van der Waals surface area contributed by atoms with E-state index in [2.05, 4.69) is 33.4 Å². The molecule has 5 rings (SSSR count). The molecule has 0 radical (unpaired) electrons. The number of aromatic carboxylic acids is 1. The molecule has 0 atom stereocenters. The van der Waals surface area contributed by atoms with Gasteiger partial charge in [0.05, 0.1) is 0 Å². The predicted molar refractivity (Wildman–Crippen MR) is 136 cm³/mol. The summed E-state index contributed by atoms with van der Waals surface area (Å²) in [6.07, 6.45) is 8.33. The summed E-state index contributed by atoms with van der Waals surface area (Å²) < 4.78 is 15.8. The Morgan fingerprint density at radius 3 is 2.53 bits per heavy atom. The number of aryl methyl sites for hydroxylation is 1. The SMILES string of the molecule is CCCc1ccnc(-c2nc3nc(C(=O)O)nc(-c4ccc(F)cc4)c3n2CC2CCC(C)CC2)c1. The van der Waals surface area contributed by atoms with Crippen LogP contribution in [0.15, 0.2) is 42.6 Å². The zero-order chi connectivity index (χ0) is 25.2. The van der Waals surface area contributed by atoms with Crippen LogP contribution in [0.25, 0.3) is 33.9 Å². The van der Waals surface area contributed by atoms with E-state index in [0.29, 0.717) is 40.7 Å². The van der Waals surface area contributed by atoms with E-state index >= 15 is 0 Å². The number of hydrogen-bond acceptors (Lipinski definition) is 5. The molecule has 7 nitrogen and oxygen atoms in total. The van der Waals surface area contributed by atoms with Gasteiger partial charge in [-0.2, -0.15) is 0 Å². The first-order chi connectivity index (χ1) is 17.4. The van der Waals surface area contributed by atoms with Crippen molar-refractivity contribution in [2.24, 2.45) is 11.8 Å². The Balaban J connectivity index is 1.74. The average Bonchev–Trinajstić information content (AvgIpc) is 3.24. The molecule has 0 amide bonds. The number of carboxylic acids is 1. The standard InChI is InChI=1S/C28H30FN5O2/c1-3-4-18-13-14-30-22(15-18)27-33-25-24(34(27)16-19-7-5-17(2)6-8-19)23(31-26(32-25)28(35)36)20-9-11-21(29)12-10-20/h9-15,17,19H,3-8,16H2,1-2H3,(H,35,36). The zero-order valence-electron chi connectivity index (χ0n) is 20.6. The average molecular weight is 488 g/mol. The summed E-state index contributed by atoms with van der Waals surface area (Å²) in [6.45, 7) is 5.14. The molecule has 0 bridgehead atoms. The molecule has 0 aliphatic heterocycles. The van der Waals surface area contributed by atoms with Crippen LogP contribution < -0.4 is 0 Å². The molecule has 0 saturated heterocycles. The van der Waals surface area contributed by atoms with Gasteiger partial charge < -0.3 is 9.67 Å². The Kier molecular flexibility index (Phi) is 6.76. The molecule has 1 fully saturated rings. The highest BCUT2D eigenvalue weighted by atomic mass is 19.1. The summed E-state index contributed by atoms with van der Waals surface area (Å²) in [5.41, 5.74) is 3.91. The van der Waals surface area contributed by atoms with E-state index in [1.807, 2.05) is 12.1 Å². The Labute approximate surface area is 209 Å². The molecule has 1 aliphatic carbocycles. The largest absolute Gasteiger partial charge is 0.475 e. The fourth-order valence-corrected chi connectivity index (χ4v) is 5.12. The highest BCUT2D eigenvalue weighted by molar-refractivity contribution is 5.94. The van der Waals surface area contributed by atoms with Gasteiger partial charge in [0.1, 0.15) is 22.7 Å². The number of carboxylic acid groups (broad SMARTS) is 1. The molecular formula is C28H30FN5O2. The number of fused-ring (bicyclic) bond motifs is 1. The van der Waals surface area contributed by atoms with E-state index in [1.54, 1.807) is 18.3 Å². The number of aromatic nitrogens is 5. The van der Waals surface area contributed by atoms with Crippen molar-refractivity contribution < 1.29 is 14.3 Å². The summed E-state index contributed by atoms with van der Waals surface area (Å²) in [5, 5.41) is 9.70. The second kappa shape index (κ2) is 10.1. The van der Waals surface area contributed by atoms with Crippen LogP contribution in [-0.2, 0) is 13.0 Å². The quantitative estimate of drug-likeness (QED) is 0.335. The molecule has 0 unspecified atom stereocenters. The van der Waals surface area contributed by atoms with Gasteiger partial charge in [-0.1, -0.05) is 33.1 Å². The summed E-state index contributed by atoms with van der Waals surface area (Å²) in [6, 6.07) is 9.99. The number of benzene rings is 1. The molecule has 8 heteroatoms. The number of pyridine rings is 1. The maximum atomic E-state index is 13.7. The van der Waals surface area contributed by atoms with Gasteiger partial charge in [0.25, 0.3) is 0 Å². The van der Waals surface area contributed by atoms with Crippen LogP contribution in [0.5, 0.6) is 0 Å². The van der Waals surface area contributed by atoms with Gasteiger partial charge in [-0.3, -0.25) is 4.98 Å². The lowest BCUT2D eigenvalue weighted by Crippen LogP contribution is -2.19. The fraction of sp³-hybridized carbons (Fsp3) is 0.393. The molecule has 1 saturated carbocycles. The lowest BCUT2D eigenvalue weighted by atomic mass is 9.83. The van der Waals surface area contributed by atoms with Gasteiger partial charge in [-0.05, 0) is 73.1 Å². The number of carbonyl (C=O) groups is 1. The van der Waals surface area contributed by atoms with Gasteiger partial charge in [-0.15, -0.1) is 0 Å². The summed E-state index contributed by atoms with van der Waals surface area (Å²) >= 11 is 0. The van der Waals surface area contributed by atoms with E-state index in [-0.39, 0.29) is 11.6 Å². The minimum atomic E-state index is -1.24. The van der Waals surface area contributed by atoms with Crippen molar-refractivity contribution in [1.82, 2.24) is 24.5 Å². The van der Waals surface area contributed by atoms with Crippen LogP contribution in [0.3, 0.4) is 0 Å². The van der Waals surface area contributed by atoms with E-state index in [4.69, 9.17) is 4.98 Å². The lowest BCUT2D eigenvalue weighted by molar-refractivity contribution is 0.0684. The molecule has 3 heterocycles. The monoisotopic (exact) mass is 487 g/mol. The lowest BCUT2D eigenvalue weighted by Gasteiger charge is -2.27. The first-order valence-electron chi connectivity index (χ1n) is 12.7. The minimum Gasteiger partial charge on any atom is -0.475 e. The number of nitrogens with zero attached hydrogens (tertiary/aromatic N) is 5. The van der Waals surface area contributed by atoms with Gasteiger partial charge in [-0.25, -0.2) is 24.1 Å². The van der Waals surface area contributed by atoms with Crippen molar-refractivity contribution in [2.75, 3.05) is 0 Å². The molecule has 3 aromatic heterocycles. The van der Waals surface area contributed by atoms with E-state index in [1.165, 1.54) is 30.5 Å². The third kappa shape index (κ3) is 4.85. The van der Waals surface area contributed by atoms with Crippen LogP contribution in [-0.4, -0.2) is 35.6 Å².